The summed E-state index contributed by atoms with van der Waals surface area (Å²) in [6.07, 6.45) is -1.58. The van der Waals surface area contributed by atoms with Crippen LogP contribution in [0.25, 0.3) is 0 Å². The molecule has 4 N–H and O–H groups in total. The molecule has 0 aliphatic heterocycles. The van der Waals surface area contributed by atoms with E-state index in [9.17, 15) is 9.59 Å². The highest BCUT2D eigenvalue weighted by Crippen LogP contribution is 1.82. The highest BCUT2D eigenvalue weighted by atomic mass is 16.5. The van der Waals surface area contributed by atoms with Crippen molar-refractivity contribution in [3.63, 3.8) is 0 Å². The van der Waals surface area contributed by atoms with Gasteiger partial charge in [-0.25, -0.2) is 9.59 Å². The number of nitrogens with zero attached hydrogens (tertiary/aromatic N) is 1. The highest BCUT2D eigenvalue weighted by molar-refractivity contribution is 5.76. The van der Waals surface area contributed by atoms with Gasteiger partial charge in [0.15, 0.2) is 6.10 Å². The van der Waals surface area contributed by atoms with E-state index >= 15 is 0 Å². The van der Waals surface area contributed by atoms with Gasteiger partial charge in [0.25, 0.3) is 0 Å². The van der Waals surface area contributed by atoms with Crippen LogP contribution in [-0.4, -0.2) is 80.2 Å². The molecule has 0 heterocycles. The Bertz CT molecular complexity index is 262. The Morgan fingerprint density at radius 1 is 1.33 bits per heavy atom. The van der Waals surface area contributed by atoms with Gasteiger partial charge in [-0.05, 0) is 7.05 Å². The third-order valence-corrected chi connectivity index (χ3v) is 2.20. The van der Waals surface area contributed by atoms with Gasteiger partial charge >= 0.3 is 12.0 Å². The smallest absolute Gasteiger partial charge is 0.334 e. The number of ether oxygens (including phenoxy) is 1. The largest absolute Gasteiger partial charge is 0.479 e. The van der Waals surface area contributed by atoms with E-state index in [1.165, 1.54) is 0 Å². The SMILES string of the molecule is COCCN(C)CCNC(=O)NC[C@H](O)C(=O)O. The molecule has 106 valence electrons. The zero-order valence-electron chi connectivity index (χ0n) is 10.7. The summed E-state index contributed by atoms with van der Waals surface area (Å²) in [4.78, 5) is 23.5. The molecule has 8 heteroatoms. The first-order chi connectivity index (χ1) is 8.47. The molecule has 0 aromatic heterocycles. The lowest BCUT2D eigenvalue weighted by atomic mass is 10.4. The highest BCUT2D eigenvalue weighted by Gasteiger charge is 2.13. The van der Waals surface area contributed by atoms with Crippen molar-refractivity contribution in [1.29, 1.82) is 0 Å². The number of carbonyl (C=O) groups excluding carboxylic acids is 1. The lowest BCUT2D eigenvalue weighted by Gasteiger charge is -2.16. The van der Waals surface area contributed by atoms with Crippen molar-refractivity contribution < 1.29 is 24.5 Å². The van der Waals surface area contributed by atoms with E-state index in [1.807, 2.05) is 11.9 Å². The number of carbonyl (C=O) groups is 2. The van der Waals surface area contributed by atoms with E-state index in [4.69, 9.17) is 14.9 Å². The number of aliphatic hydroxyl groups is 1. The summed E-state index contributed by atoms with van der Waals surface area (Å²) in [5, 5.41) is 22.1. The fourth-order valence-electron chi connectivity index (χ4n) is 1.06. The minimum Gasteiger partial charge on any atom is -0.479 e. The van der Waals surface area contributed by atoms with Crippen LogP contribution >= 0.6 is 0 Å². The summed E-state index contributed by atoms with van der Waals surface area (Å²) in [5.41, 5.74) is 0. The minimum atomic E-state index is -1.58. The Kier molecular flexibility index (Phi) is 8.89. The van der Waals surface area contributed by atoms with Crippen LogP contribution in [0.1, 0.15) is 0 Å². The van der Waals surface area contributed by atoms with Crippen LogP contribution in [-0.2, 0) is 9.53 Å². The normalized spacial score (nSPS) is 12.2. The second-order valence-corrected chi connectivity index (χ2v) is 3.79. The number of likely N-dealkylation sites (N-methyl/N-ethyl adjacent to an activating group) is 1. The number of aliphatic carboxylic acids is 1. The number of rotatable bonds is 9. The average Bonchev–Trinajstić information content (AvgIpc) is 2.33. The van der Waals surface area contributed by atoms with Gasteiger partial charge in [0.1, 0.15) is 0 Å². The maximum absolute atomic E-state index is 11.2. The van der Waals surface area contributed by atoms with Crippen molar-refractivity contribution in [2.24, 2.45) is 0 Å². The number of nitrogens with one attached hydrogen (secondary N) is 2. The first-order valence-corrected chi connectivity index (χ1v) is 5.57. The molecule has 0 aliphatic rings. The molecule has 2 amide bonds. The monoisotopic (exact) mass is 263 g/mol. The van der Waals surface area contributed by atoms with E-state index in [0.29, 0.717) is 19.7 Å². The number of amides is 2. The number of aliphatic hydroxyl groups excluding tert-OH is 1. The summed E-state index contributed by atoms with van der Waals surface area (Å²) in [6.45, 7) is 2.14. The standard InChI is InChI=1S/C10H21N3O5/c1-13(5-6-18-2)4-3-11-10(17)12-7-8(14)9(15)16/h8,14H,3-7H2,1-2H3,(H,15,16)(H2,11,12,17)/t8-/m0/s1. The van der Waals surface area contributed by atoms with Crippen molar-refractivity contribution in [1.82, 2.24) is 15.5 Å². The molecular weight excluding hydrogens is 242 g/mol. The molecular formula is C10H21N3O5. The van der Waals surface area contributed by atoms with Crippen LogP contribution in [0, 0.1) is 0 Å². The molecule has 0 rings (SSSR count). The van der Waals surface area contributed by atoms with Crippen LogP contribution in [0.3, 0.4) is 0 Å². The van der Waals surface area contributed by atoms with Crippen LogP contribution in [0.4, 0.5) is 4.79 Å². The third-order valence-electron chi connectivity index (χ3n) is 2.20. The molecule has 0 fully saturated rings. The Morgan fingerprint density at radius 3 is 2.56 bits per heavy atom. The molecule has 18 heavy (non-hydrogen) atoms. The van der Waals surface area contributed by atoms with E-state index in [0.717, 1.165) is 6.54 Å². The molecule has 0 radical (unpaired) electrons. The van der Waals surface area contributed by atoms with Crippen molar-refractivity contribution in [2.75, 3.05) is 46.9 Å². The molecule has 0 saturated carbocycles. The zero-order chi connectivity index (χ0) is 14.0. The maximum Gasteiger partial charge on any atom is 0.334 e. The molecule has 1 atom stereocenters. The van der Waals surface area contributed by atoms with Gasteiger partial charge in [-0.2, -0.15) is 0 Å². The van der Waals surface area contributed by atoms with Gasteiger partial charge in [0.2, 0.25) is 0 Å². The summed E-state index contributed by atoms with van der Waals surface area (Å²) in [6, 6.07) is -0.504. The van der Waals surface area contributed by atoms with Crippen LogP contribution in [0.5, 0.6) is 0 Å². The van der Waals surface area contributed by atoms with Gasteiger partial charge in [-0.1, -0.05) is 0 Å². The van der Waals surface area contributed by atoms with Crippen molar-refractivity contribution in [3.05, 3.63) is 0 Å². The lowest BCUT2D eigenvalue weighted by Crippen LogP contribution is -2.44. The number of hydrogen-bond acceptors (Lipinski definition) is 5. The summed E-state index contributed by atoms with van der Waals surface area (Å²) in [7, 11) is 3.51. The summed E-state index contributed by atoms with van der Waals surface area (Å²) < 4.78 is 4.90. The number of hydrogen-bond donors (Lipinski definition) is 4. The van der Waals surface area contributed by atoms with Crippen molar-refractivity contribution in [3.8, 4) is 0 Å². The number of urea groups is 1. The van der Waals surface area contributed by atoms with E-state index in [2.05, 4.69) is 10.6 Å². The molecule has 0 bridgehead atoms. The lowest BCUT2D eigenvalue weighted by molar-refractivity contribution is -0.146. The van der Waals surface area contributed by atoms with Crippen molar-refractivity contribution >= 4 is 12.0 Å². The molecule has 0 aliphatic carbocycles. The second-order valence-electron chi connectivity index (χ2n) is 3.79. The summed E-state index contributed by atoms with van der Waals surface area (Å²) in [5.74, 6) is -1.37. The number of carboxylic acid groups (broad SMARTS) is 1. The number of carboxylic acids is 1. The Labute approximate surface area is 106 Å². The van der Waals surface area contributed by atoms with Crippen LogP contribution in [0.15, 0.2) is 0 Å². The maximum atomic E-state index is 11.2. The minimum absolute atomic E-state index is 0.319. The van der Waals surface area contributed by atoms with E-state index in [-0.39, 0.29) is 6.54 Å². The van der Waals surface area contributed by atoms with Gasteiger partial charge in [-0.3, -0.25) is 0 Å². The van der Waals surface area contributed by atoms with E-state index in [1.54, 1.807) is 7.11 Å². The van der Waals surface area contributed by atoms with Gasteiger partial charge in [0, 0.05) is 26.7 Å². The molecule has 0 aromatic carbocycles. The van der Waals surface area contributed by atoms with E-state index < -0.39 is 18.1 Å². The molecule has 8 nitrogen and oxygen atoms in total. The quantitative estimate of drug-likeness (QED) is 0.395. The van der Waals surface area contributed by atoms with Crippen LogP contribution < -0.4 is 10.6 Å². The molecule has 0 saturated heterocycles. The Morgan fingerprint density at radius 2 is 2.00 bits per heavy atom. The second kappa shape index (κ2) is 9.63. The van der Waals surface area contributed by atoms with Crippen LogP contribution in [0.2, 0.25) is 0 Å². The van der Waals surface area contributed by atoms with Gasteiger partial charge in [-0.15, -0.1) is 0 Å². The third kappa shape index (κ3) is 8.74. The fraction of sp³-hybridized carbons (Fsp3) is 0.800. The number of methoxy groups -OCH3 is 1. The molecule has 0 aromatic rings. The predicted octanol–water partition coefficient (Wildman–Crippen LogP) is -1.69. The fourth-order valence-corrected chi connectivity index (χ4v) is 1.06. The first-order valence-electron chi connectivity index (χ1n) is 5.57. The van der Waals surface area contributed by atoms with Gasteiger partial charge < -0.3 is 30.5 Å². The Balaban J connectivity index is 3.56. The molecule has 0 spiro atoms. The average molecular weight is 263 g/mol. The zero-order valence-corrected chi connectivity index (χ0v) is 10.7. The predicted molar refractivity (Wildman–Crippen MR) is 64.4 cm³/mol. The molecule has 0 unspecified atom stereocenters. The topological polar surface area (TPSA) is 111 Å². The Hall–Kier alpha value is -1.38. The van der Waals surface area contributed by atoms with Gasteiger partial charge in [0.05, 0.1) is 13.2 Å². The van der Waals surface area contributed by atoms with Crippen molar-refractivity contribution in [2.45, 2.75) is 6.10 Å². The summed E-state index contributed by atoms with van der Waals surface area (Å²) >= 11 is 0. The first kappa shape index (κ1) is 16.6.